The SMILES string of the molecule is COc1ccc2ncc(B(O)O)cc2c1Cl. The highest BCUT2D eigenvalue weighted by Gasteiger charge is 2.14. The van der Waals surface area contributed by atoms with Crippen molar-refractivity contribution in [2.75, 3.05) is 7.11 Å². The van der Waals surface area contributed by atoms with Gasteiger partial charge in [0.15, 0.2) is 0 Å². The third-order valence-electron chi connectivity index (χ3n) is 2.30. The highest BCUT2D eigenvalue weighted by atomic mass is 35.5. The lowest BCUT2D eigenvalue weighted by molar-refractivity contribution is 0.415. The monoisotopic (exact) mass is 237 g/mol. The molecule has 0 fully saturated rings. The molecule has 0 bridgehead atoms. The van der Waals surface area contributed by atoms with Crippen LogP contribution in [0.2, 0.25) is 5.02 Å². The first kappa shape index (κ1) is 11.2. The van der Waals surface area contributed by atoms with Crippen LogP contribution in [0.3, 0.4) is 0 Å². The summed E-state index contributed by atoms with van der Waals surface area (Å²) in [5.74, 6) is 0.528. The summed E-state index contributed by atoms with van der Waals surface area (Å²) < 4.78 is 5.07. The van der Waals surface area contributed by atoms with Crippen molar-refractivity contribution in [1.29, 1.82) is 0 Å². The minimum Gasteiger partial charge on any atom is -0.495 e. The van der Waals surface area contributed by atoms with Crippen LogP contribution in [0, 0.1) is 0 Å². The molecule has 0 atom stereocenters. The van der Waals surface area contributed by atoms with Gasteiger partial charge in [-0.1, -0.05) is 11.6 Å². The average molecular weight is 237 g/mol. The van der Waals surface area contributed by atoms with Gasteiger partial charge in [0.05, 0.1) is 17.6 Å². The van der Waals surface area contributed by atoms with Crippen molar-refractivity contribution >= 4 is 35.1 Å². The van der Waals surface area contributed by atoms with E-state index in [2.05, 4.69) is 4.98 Å². The first-order valence-corrected chi connectivity index (χ1v) is 4.99. The van der Waals surface area contributed by atoms with Gasteiger partial charge in [0.1, 0.15) is 5.75 Å². The summed E-state index contributed by atoms with van der Waals surface area (Å²) >= 11 is 6.09. The van der Waals surface area contributed by atoms with Gasteiger partial charge in [0.25, 0.3) is 0 Å². The van der Waals surface area contributed by atoms with Crippen molar-refractivity contribution in [3.8, 4) is 5.75 Å². The van der Waals surface area contributed by atoms with Gasteiger partial charge in [0, 0.05) is 17.0 Å². The number of rotatable bonds is 2. The Morgan fingerprint density at radius 1 is 1.38 bits per heavy atom. The molecule has 0 aliphatic rings. The zero-order chi connectivity index (χ0) is 11.7. The van der Waals surface area contributed by atoms with E-state index in [4.69, 9.17) is 26.4 Å². The largest absolute Gasteiger partial charge is 0.495 e. The molecular formula is C10H9BClNO3. The van der Waals surface area contributed by atoms with Crippen LogP contribution in [0.1, 0.15) is 0 Å². The van der Waals surface area contributed by atoms with Crippen LogP contribution in [0.25, 0.3) is 10.9 Å². The Bertz CT molecular complexity index is 533. The van der Waals surface area contributed by atoms with E-state index in [1.54, 1.807) is 18.2 Å². The predicted octanol–water partition coefficient (Wildman–Crippen LogP) is 0.577. The molecule has 16 heavy (non-hydrogen) atoms. The van der Waals surface area contributed by atoms with Gasteiger partial charge in [-0.05, 0) is 18.2 Å². The molecule has 2 rings (SSSR count). The quantitative estimate of drug-likeness (QED) is 0.750. The number of methoxy groups -OCH3 is 1. The summed E-state index contributed by atoms with van der Waals surface area (Å²) in [6.07, 6.45) is 1.40. The number of pyridine rings is 1. The van der Waals surface area contributed by atoms with Crippen molar-refractivity contribution in [3.05, 3.63) is 29.4 Å². The third kappa shape index (κ3) is 1.85. The summed E-state index contributed by atoms with van der Waals surface area (Å²) in [5, 5.41) is 19.1. The van der Waals surface area contributed by atoms with Crippen molar-refractivity contribution in [3.63, 3.8) is 0 Å². The first-order valence-electron chi connectivity index (χ1n) is 4.61. The molecule has 1 aromatic heterocycles. The van der Waals surface area contributed by atoms with Gasteiger partial charge in [-0.15, -0.1) is 0 Å². The lowest BCUT2D eigenvalue weighted by atomic mass is 9.81. The van der Waals surface area contributed by atoms with E-state index in [9.17, 15) is 0 Å². The number of halogens is 1. The minimum atomic E-state index is -1.56. The molecule has 0 aliphatic carbocycles. The van der Waals surface area contributed by atoms with Crippen LogP contribution in [-0.2, 0) is 0 Å². The molecule has 0 spiro atoms. The van der Waals surface area contributed by atoms with Crippen molar-refractivity contribution in [1.82, 2.24) is 4.98 Å². The average Bonchev–Trinajstić information content (AvgIpc) is 2.29. The van der Waals surface area contributed by atoms with E-state index in [0.717, 1.165) is 0 Å². The summed E-state index contributed by atoms with van der Waals surface area (Å²) in [5.41, 5.74) is 0.970. The van der Waals surface area contributed by atoms with E-state index in [0.29, 0.717) is 27.1 Å². The minimum absolute atomic E-state index is 0.294. The molecule has 0 amide bonds. The van der Waals surface area contributed by atoms with Crippen LogP contribution in [-0.4, -0.2) is 29.3 Å². The van der Waals surface area contributed by atoms with E-state index in [-0.39, 0.29) is 0 Å². The molecule has 0 unspecified atom stereocenters. The summed E-state index contributed by atoms with van der Waals surface area (Å²) in [4.78, 5) is 4.08. The molecule has 2 aromatic rings. The highest BCUT2D eigenvalue weighted by molar-refractivity contribution is 6.59. The van der Waals surface area contributed by atoms with Gasteiger partial charge in [-0.3, -0.25) is 4.98 Å². The van der Waals surface area contributed by atoms with Crippen molar-refractivity contribution in [2.24, 2.45) is 0 Å². The Morgan fingerprint density at radius 3 is 2.75 bits per heavy atom. The number of aromatic nitrogens is 1. The fourth-order valence-corrected chi connectivity index (χ4v) is 1.75. The smallest absolute Gasteiger partial charge is 0.490 e. The van der Waals surface area contributed by atoms with Gasteiger partial charge in [-0.25, -0.2) is 0 Å². The molecule has 0 saturated heterocycles. The maximum atomic E-state index is 9.04. The molecule has 2 N–H and O–H groups in total. The molecule has 6 heteroatoms. The Hall–Kier alpha value is -1.30. The number of fused-ring (bicyclic) bond motifs is 1. The second-order valence-corrected chi connectivity index (χ2v) is 3.67. The molecule has 0 radical (unpaired) electrons. The summed E-state index contributed by atoms with van der Waals surface area (Å²) in [6.45, 7) is 0. The predicted molar refractivity (Wildman–Crippen MR) is 63.1 cm³/mol. The molecule has 4 nitrogen and oxygen atoms in total. The lowest BCUT2D eigenvalue weighted by Gasteiger charge is -2.07. The zero-order valence-electron chi connectivity index (χ0n) is 8.51. The Labute approximate surface area is 97.6 Å². The summed E-state index contributed by atoms with van der Waals surface area (Å²) in [7, 11) is -0.0373. The van der Waals surface area contributed by atoms with Gasteiger partial charge >= 0.3 is 7.12 Å². The van der Waals surface area contributed by atoms with Crippen molar-refractivity contribution in [2.45, 2.75) is 0 Å². The number of ether oxygens (including phenoxy) is 1. The number of benzene rings is 1. The van der Waals surface area contributed by atoms with E-state index in [1.807, 2.05) is 0 Å². The van der Waals surface area contributed by atoms with Crippen LogP contribution >= 0.6 is 11.6 Å². The third-order valence-corrected chi connectivity index (χ3v) is 2.69. The van der Waals surface area contributed by atoms with E-state index in [1.165, 1.54) is 13.3 Å². The number of nitrogens with zero attached hydrogens (tertiary/aromatic N) is 1. The van der Waals surface area contributed by atoms with Crippen LogP contribution in [0.5, 0.6) is 5.75 Å². The molecular weight excluding hydrogens is 228 g/mol. The van der Waals surface area contributed by atoms with Crippen molar-refractivity contribution < 1.29 is 14.8 Å². The second-order valence-electron chi connectivity index (χ2n) is 3.29. The normalized spacial score (nSPS) is 10.5. The van der Waals surface area contributed by atoms with Crippen LogP contribution in [0.4, 0.5) is 0 Å². The fraction of sp³-hybridized carbons (Fsp3) is 0.100. The Morgan fingerprint density at radius 2 is 2.12 bits per heavy atom. The molecule has 82 valence electrons. The maximum Gasteiger partial charge on any atom is 0.490 e. The van der Waals surface area contributed by atoms with E-state index >= 15 is 0 Å². The highest BCUT2D eigenvalue weighted by Crippen LogP contribution is 2.30. The Kier molecular flexibility index (Phi) is 3.00. The Balaban J connectivity index is 2.69. The number of hydrogen-bond donors (Lipinski definition) is 2. The van der Waals surface area contributed by atoms with Gasteiger partial charge in [0.2, 0.25) is 0 Å². The topological polar surface area (TPSA) is 62.6 Å². The lowest BCUT2D eigenvalue weighted by Crippen LogP contribution is -2.30. The van der Waals surface area contributed by atoms with Gasteiger partial charge in [-0.2, -0.15) is 0 Å². The van der Waals surface area contributed by atoms with E-state index < -0.39 is 7.12 Å². The first-order chi connectivity index (χ1) is 7.63. The zero-order valence-corrected chi connectivity index (χ0v) is 9.27. The standard InChI is InChI=1S/C10H9BClNO3/c1-16-9-3-2-8-7(10(9)12)4-6(5-13-8)11(14)15/h2-5,14-15H,1H3. The fourth-order valence-electron chi connectivity index (χ4n) is 1.46. The number of hydrogen-bond acceptors (Lipinski definition) is 4. The van der Waals surface area contributed by atoms with Gasteiger partial charge < -0.3 is 14.8 Å². The van der Waals surface area contributed by atoms with Crippen LogP contribution < -0.4 is 10.2 Å². The molecule has 0 saturated carbocycles. The molecule has 1 aromatic carbocycles. The molecule has 1 heterocycles. The molecule has 0 aliphatic heterocycles. The second kappa shape index (κ2) is 4.29. The maximum absolute atomic E-state index is 9.04. The summed E-state index contributed by atoms with van der Waals surface area (Å²) in [6, 6.07) is 5.05. The van der Waals surface area contributed by atoms with Crippen LogP contribution in [0.15, 0.2) is 24.4 Å².